The van der Waals surface area contributed by atoms with Gasteiger partial charge in [0.2, 0.25) is 10.0 Å². The van der Waals surface area contributed by atoms with Crippen LogP contribution in [0, 0.1) is 0 Å². The first-order chi connectivity index (χ1) is 12.0. The summed E-state index contributed by atoms with van der Waals surface area (Å²) in [5, 5.41) is 0. The molecule has 2 aliphatic rings. The zero-order valence-corrected chi connectivity index (χ0v) is 14.4. The van der Waals surface area contributed by atoms with Gasteiger partial charge in [0.05, 0.1) is 6.04 Å². The molecule has 1 fully saturated rings. The molecule has 2 N–H and O–H groups in total. The normalized spacial score (nSPS) is 19.7. The molecular weight excluding hydrogens is 342 g/mol. The Morgan fingerprint density at radius 3 is 2.80 bits per heavy atom. The Morgan fingerprint density at radius 1 is 1.24 bits per heavy atom. The molecule has 3 heterocycles. The number of aromatic nitrogens is 1. The first-order valence-corrected chi connectivity index (χ1v) is 9.75. The minimum atomic E-state index is -3.75. The number of sulfonamides is 1. The summed E-state index contributed by atoms with van der Waals surface area (Å²) in [6.45, 7) is 1.69. The van der Waals surface area contributed by atoms with Gasteiger partial charge in [-0.1, -0.05) is 18.2 Å². The molecule has 1 aromatic carbocycles. The van der Waals surface area contributed by atoms with Gasteiger partial charge < -0.3 is 14.6 Å². The highest BCUT2D eigenvalue weighted by molar-refractivity contribution is 7.89. The van der Waals surface area contributed by atoms with Crippen molar-refractivity contribution >= 4 is 15.9 Å². The second-order valence-electron chi connectivity index (χ2n) is 6.27. The van der Waals surface area contributed by atoms with Gasteiger partial charge in [-0.2, -0.15) is 0 Å². The predicted octanol–water partition coefficient (Wildman–Crippen LogP) is 1.66. The van der Waals surface area contributed by atoms with Crippen LogP contribution in [0.25, 0.3) is 0 Å². The lowest BCUT2D eigenvalue weighted by molar-refractivity contribution is 0.0787. The van der Waals surface area contributed by atoms with E-state index in [9.17, 15) is 13.2 Å². The number of benzene rings is 1. The molecular formula is C17H19N3O4S. The Bertz CT molecular complexity index is 900. The summed E-state index contributed by atoms with van der Waals surface area (Å²) in [5.74, 6) is 0.530. The summed E-state index contributed by atoms with van der Waals surface area (Å²) in [6, 6.07) is 8.30. The maximum Gasteiger partial charge on any atom is 0.270 e. The van der Waals surface area contributed by atoms with Crippen LogP contribution < -0.4 is 9.46 Å². The topological polar surface area (TPSA) is 91.5 Å². The zero-order chi connectivity index (χ0) is 17.4. The molecule has 1 aromatic heterocycles. The maximum absolute atomic E-state index is 12.6. The van der Waals surface area contributed by atoms with Gasteiger partial charge in [0, 0.05) is 24.8 Å². The number of hydrogen-bond donors (Lipinski definition) is 2. The van der Waals surface area contributed by atoms with Crippen molar-refractivity contribution in [2.45, 2.75) is 23.8 Å². The standard InChI is InChI=1S/C17H19N3O4S/c21-17(20-7-3-4-8-20)14-9-12(10-18-14)25(22,23)19-15-11-24-16-6-2-1-5-13(15)16/h1-2,5-6,9-10,15,18-19H,3-4,7-8,11H2/t15-/m0/s1. The van der Waals surface area contributed by atoms with E-state index < -0.39 is 16.1 Å². The van der Waals surface area contributed by atoms with E-state index in [0.29, 0.717) is 24.5 Å². The predicted molar refractivity (Wildman–Crippen MR) is 90.9 cm³/mol. The number of carbonyl (C=O) groups is 1. The second-order valence-corrected chi connectivity index (χ2v) is 7.99. The molecule has 0 aliphatic carbocycles. The van der Waals surface area contributed by atoms with Crippen LogP contribution in [0.5, 0.6) is 5.75 Å². The third-order valence-corrected chi connectivity index (χ3v) is 6.04. The minimum absolute atomic E-state index is 0.0550. The first kappa shape index (κ1) is 16.2. The van der Waals surface area contributed by atoms with Crippen LogP contribution in [0.1, 0.15) is 34.9 Å². The summed E-state index contributed by atoms with van der Waals surface area (Å²) in [6.07, 6.45) is 3.33. The second kappa shape index (κ2) is 6.20. The molecule has 132 valence electrons. The van der Waals surface area contributed by atoms with Crippen molar-refractivity contribution in [2.75, 3.05) is 19.7 Å². The third-order valence-electron chi connectivity index (χ3n) is 4.59. The monoisotopic (exact) mass is 361 g/mol. The Hall–Kier alpha value is -2.32. The fourth-order valence-electron chi connectivity index (χ4n) is 3.26. The number of amides is 1. The molecule has 1 atom stereocenters. The van der Waals surface area contributed by atoms with Crippen molar-refractivity contribution < 1.29 is 17.9 Å². The van der Waals surface area contributed by atoms with E-state index in [0.717, 1.165) is 18.4 Å². The Balaban J connectivity index is 1.52. The largest absolute Gasteiger partial charge is 0.491 e. The molecule has 2 aliphatic heterocycles. The number of H-pyrrole nitrogens is 1. The summed E-state index contributed by atoms with van der Waals surface area (Å²) in [7, 11) is -3.75. The smallest absolute Gasteiger partial charge is 0.270 e. The Kier molecular flexibility index (Phi) is 4.01. The molecule has 0 unspecified atom stereocenters. The zero-order valence-electron chi connectivity index (χ0n) is 13.6. The van der Waals surface area contributed by atoms with Crippen LogP contribution in [-0.4, -0.2) is 43.9 Å². The van der Waals surface area contributed by atoms with E-state index in [1.165, 1.54) is 12.3 Å². The molecule has 7 nitrogen and oxygen atoms in total. The van der Waals surface area contributed by atoms with Crippen LogP contribution in [0.15, 0.2) is 41.4 Å². The number of likely N-dealkylation sites (tertiary alicyclic amines) is 1. The van der Waals surface area contributed by atoms with Crippen molar-refractivity contribution in [1.29, 1.82) is 0 Å². The van der Waals surface area contributed by atoms with E-state index in [4.69, 9.17) is 4.74 Å². The van der Waals surface area contributed by atoms with Gasteiger partial charge in [0.1, 0.15) is 22.9 Å². The Morgan fingerprint density at radius 2 is 2.00 bits per heavy atom. The maximum atomic E-state index is 12.6. The highest BCUT2D eigenvalue weighted by atomic mass is 32.2. The SMILES string of the molecule is O=C(c1cc(S(=O)(=O)N[C@H]2COc3ccccc32)c[nH]1)N1CCCC1. The van der Waals surface area contributed by atoms with E-state index in [-0.39, 0.29) is 17.4 Å². The third kappa shape index (κ3) is 3.03. The number of carbonyl (C=O) groups excluding carboxylic acids is 1. The van der Waals surface area contributed by atoms with Crippen molar-refractivity contribution in [3.05, 3.63) is 47.8 Å². The number of rotatable bonds is 4. The highest BCUT2D eigenvalue weighted by Gasteiger charge is 2.30. The van der Waals surface area contributed by atoms with Crippen molar-refractivity contribution in [3.63, 3.8) is 0 Å². The minimum Gasteiger partial charge on any atom is -0.491 e. The lowest BCUT2D eigenvalue weighted by Gasteiger charge is -2.13. The van der Waals surface area contributed by atoms with Crippen LogP contribution in [-0.2, 0) is 10.0 Å². The van der Waals surface area contributed by atoms with E-state index in [2.05, 4.69) is 9.71 Å². The van der Waals surface area contributed by atoms with Gasteiger partial charge in [-0.25, -0.2) is 13.1 Å². The summed E-state index contributed by atoms with van der Waals surface area (Å²) < 4.78 is 33.4. The van der Waals surface area contributed by atoms with Gasteiger partial charge in [-0.05, 0) is 25.0 Å². The number of nitrogens with one attached hydrogen (secondary N) is 2. The summed E-state index contributed by atoms with van der Waals surface area (Å²) in [4.78, 5) is 16.9. The Labute approximate surface area is 146 Å². The highest BCUT2D eigenvalue weighted by Crippen LogP contribution is 2.32. The van der Waals surface area contributed by atoms with E-state index in [1.54, 1.807) is 4.90 Å². The van der Waals surface area contributed by atoms with Crippen molar-refractivity contribution in [1.82, 2.24) is 14.6 Å². The molecule has 0 bridgehead atoms. The van der Waals surface area contributed by atoms with E-state index in [1.807, 2.05) is 24.3 Å². The molecule has 8 heteroatoms. The van der Waals surface area contributed by atoms with Gasteiger partial charge in [-0.15, -0.1) is 0 Å². The van der Waals surface area contributed by atoms with Crippen LogP contribution in [0.2, 0.25) is 0 Å². The fraction of sp³-hybridized carbons (Fsp3) is 0.353. The fourth-order valence-corrected chi connectivity index (χ4v) is 4.45. The molecule has 0 radical (unpaired) electrons. The van der Waals surface area contributed by atoms with Gasteiger partial charge in [0.15, 0.2) is 0 Å². The van der Waals surface area contributed by atoms with Gasteiger partial charge >= 0.3 is 0 Å². The number of ether oxygens (including phenoxy) is 1. The summed E-state index contributed by atoms with van der Waals surface area (Å²) in [5.41, 5.74) is 1.11. The molecule has 0 saturated carbocycles. The lowest BCUT2D eigenvalue weighted by Crippen LogP contribution is -2.29. The first-order valence-electron chi connectivity index (χ1n) is 8.26. The average molecular weight is 361 g/mol. The average Bonchev–Trinajstić information content (AvgIpc) is 3.35. The number of para-hydroxylation sites is 1. The number of nitrogens with zero attached hydrogens (tertiary/aromatic N) is 1. The van der Waals surface area contributed by atoms with Crippen LogP contribution >= 0.6 is 0 Å². The molecule has 2 aromatic rings. The molecule has 1 amide bonds. The molecule has 4 rings (SSSR count). The molecule has 25 heavy (non-hydrogen) atoms. The number of hydrogen-bond acceptors (Lipinski definition) is 4. The quantitative estimate of drug-likeness (QED) is 0.866. The molecule has 1 saturated heterocycles. The van der Waals surface area contributed by atoms with Gasteiger partial charge in [-0.3, -0.25) is 4.79 Å². The van der Waals surface area contributed by atoms with Crippen molar-refractivity contribution in [3.8, 4) is 5.75 Å². The van der Waals surface area contributed by atoms with Crippen LogP contribution in [0.4, 0.5) is 0 Å². The van der Waals surface area contributed by atoms with Gasteiger partial charge in [0.25, 0.3) is 5.91 Å². The number of aromatic amines is 1. The lowest BCUT2D eigenvalue weighted by atomic mass is 10.1. The van der Waals surface area contributed by atoms with Crippen LogP contribution in [0.3, 0.4) is 0 Å². The number of fused-ring (bicyclic) bond motifs is 1. The molecule has 0 spiro atoms. The van der Waals surface area contributed by atoms with Crippen molar-refractivity contribution in [2.24, 2.45) is 0 Å². The summed E-state index contributed by atoms with van der Waals surface area (Å²) >= 11 is 0. The van der Waals surface area contributed by atoms with E-state index >= 15 is 0 Å².